The molecule has 0 amide bonds. The van der Waals surface area contributed by atoms with Crippen molar-refractivity contribution in [3.8, 4) is 5.88 Å². The summed E-state index contributed by atoms with van der Waals surface area (Å²) in [6.45, 7) is 2.59. The number of hydrogen-bond donors (Lipinski definition) is 1. The summed E-state index contributed by atoms with van der Waals surface area (Å²) in [4.78, 5) is 16.0. The minimum atomic E-state index is -4.22. The van der Waals surface area contributed by atoms with Gasteiger partial charge in [-0.3, -0.25) is 15.2 Å². The third-order valence-corrected chi connectivity index (χ3v) is 5.91. The molecule has 148 valence electrons. The average Bonchev–Trinajstić information content (AvgIpc) is 3.04. The van der Waals surface area contributed by atoms with Crippen LogP contribution >= 0.6 is 0 Å². The zero-order valence-electron chi connectivity index (χ0n) is 15.5. The fourth-order valence-electron chi connectivity index (χ4n) is 2.59. The van der Waals surface area contributed by atoms with Crippen LogP contribution in [0.1, 0.15) is 5.56 Å². The van der Waals surface area contributed by atoms with Gasteiger partial charge in [0.05, 0.1) is 9.82 Å². The van der Waals surface area contributed by atoms with E-state index in [2.05, 4.69) is 15.2 Å². The minimum absolute atomic E-state index is 0.0338. The molecule has 0 aliphatic heterocycles. The maximum Gasteiger partial charge on any atom is 0.307 e. The molecular weight excluding hydrogens is 386 g/mol. The molecule has 0 unspecified atom stereocenters. The van der Waals surface area contributed by atoms with Crippen molar-refractivity contribution >= 4 is 26.6 Å². The summed E-state index contributed by atoms with van der Waals surface area (Å²) in [5.74, 6) is -0.0428. The van der Waals surface area contributed by atoms with Crippen molar-refractivity contribution in [2.24, 2.45) is 0 Å². The van der Waals surface area contributed by atoms with Crippen molar-refractivity contribution in [1.29, 1.82) is 0 Å². The number of aryl methyl sites for hydroxylation is 1. The first kappa shape index (κ1) is 19.7. The summed E-state index contributed by atoms with van der Waals surface area (Å²) in [6, 6.07) is 6.07. The van der Waals surface area contributed by atoms with Crippen molar-refractivity contribution in [2.75, 3.05) is 27.2 Å². The number of fused-ring (bicyclic) bond motifs is 1. The lowest BCUT2D eigenvalue weighted by molar-refractivity contribution is -0.387. The fraction of sp³-hybridized carbons (Fsp3) is 0.294. The number of sulfone groups is 1. The molecule has 3 aromatic rings. The van der Waals surface area contributed by atoms with Crippen LogP contribution in [0.4, 0.5) is 5.69 Å². The van der Waals surface area contributed by atoms with Crippen LogP contribution in [-0.4, -0.2) is 60.7 Å². The van der Waals surface area contributed by atoms with Crippen LogP contribution < -0.4 is 4.74 Å². The molecule has 2 aromatic heterocycles. The Morgan fingerprint density at radius 2 is 1.93 bits per heavy atom. The van der Waals surface area contributed by atoms with Crippen LogP contribution in [0.25, 0.3) is 11.0 Å². The lowest BCUT2D eigenvalue weighted by Crippen LogP contribution is -2.19. The first-order valence-electron chi connectivity index (χ1n) is 8.32. The van der Waals surface area contributed by atoms with Gasteiger partial charge in [0, 0.05) is 6.54 Å². The normalized spacial score (nSPS) is 11.9. The van der Waals surface area contributed by atoms with Crippen LogP contribution in [0, 0.1) is 17.0 Å². The number of benzene rings is 1. The Labute approximate surface area is 161 Å². The number of rotatable bonds is 7. The molecule has 0 fully saturated rings. The predicted molar refractivity (Wildman–Crippen MR) is 101 cm³/mol. The summed E-state index contributed by atoms with van der Waals surface area (Å²) in [5.41, 5.74) is 0.326. The fourth-order valence-corrected chi connectivity index (χ4v) is 4.18. The van der Waals surface area contributed by atoms with E-state index in [0.717, 1.165) is 11.8 Å². The zero-order valence-corrected chi connectivity index (χ0v) is 16.4. The van der Waals surface area contributed by atoms with Crippen LogP contribution in [0.5, 0.6) is 5.88 Å². The second-order valence-corrected chi connectivity index (χ2v) is 8.34. The van der Waals surface area contributed by atoms with Crippen LogP contribution in [0.3, 0.4) is 0 Å². The molecule has 10 nitrogen and oxygen atoms in total. The first-order chi connectivity index (χ1) is 13.2. The molecule has 0 spiro atoms. The molecular formula is C17H19N5O5S. The van der Waals surface area contributed by atoms with E-state index in [4.69, 9.17) is 4.74 Å². The lowest BCUT2D eigenvalue weighted by atomic mass is 10.2. The third-order valence-electron chi connectivity index (χ3n) is 4.06. The van der Waals surface area contributed by atoms with Gasteiger partial charge in [-0.05, 0) is 33.2 Å². The molecule has 0 atom stereocenters. The predicted octanol–water partition coefficient (Wildman–Crippen LogP) is 1.95. The molecule has 2 heterocycles. The molecule has 28 heavy (non-hydrogen) atoms. The van der Waals surface area contributed by atoms with Gasteiger partial charge in [-0.15, -0.1) is 5.10 Å². The zero-order chi connectivity index (χ0) is 20.5. The van der Waals surface area contributed by atoms with Gasteiger partial charge in [-0.2, -0.15) is 0 Å². The van der Waals surface area contributed by atoms with E-state index in [1.165, 1.54) is 12.1 Å². The second kappa shape index (κ2) is 7.52. The van der Waals surface area contributed by atoms with E-state index in [0.29, 0.717) is 6.54 Å². The number of aromatic amines is 1. The maximum atomic E-state index is 13.3. The van der Waals surface area contributed by atoms with Gasteiger partial charge in [0.15, 0.2) is 10.5 Å². The van der Waals surface area contributed by atoms with Crippen LogP contribution in [-0.2, 0) is 9.84 Å². The Morgan fingerprint density at radius 1 is 1.25 bits per heavy atom. The summed E-state index contributed by atoms with van der Waals surface area (Å²) >= 11 is 0. The van der Waals surface area contributed by atoms with Gasteiger partial charge in [-0.1, -0.05) is 17.7 Å². The van der Waals surface area contributed by atoms with Gasteiger partial charge in [0.1, 0.15) is 18.2 Å². The molecule has 0 aliphatic carbocycles. The van der Waals surface area contributed by atoms with Gasteiger partial charge in [0.2, 0.25) is 15.7 Å². The van der Waals surface area contributed by atoms with E-state index < -0.39 is 25.3 Å². The van der Waals surface area contributed by atoms with Crippen molar-refractivity contribution in [3.05, 3.63) is 46.1 Å². The SMILES string of the molecule is Cc1ccc(S(=O)(=O)c2c([N+](=O)[O-])cnc3[nH]nc(OCCN(C)C)c23)cc1. The smallest absolute Gasteiger partial charge is 0.307 e. The second-order valence-electron chi connectivity index (χ2n) is 6.45. The van der Waals surface area contributed by atoms with Crippen molar-refractivity contribution < 1.29 is 18.1 Å². The summed E-state index contributed by atoms with van der Waals surface area (Å²) in [5, 5.41) is 18.1. The summed E-state index contributed by atoms with van der Waals surface area (Å²) in [7, 11) is -0.518. The van der Waals surface area contributed by atoms with Crippen LogP contribution in [0.2, 0.25) is 0 Å². The molecule has 0 saturated heterocycles. The number of H-pyrrole nitrogens is 1. The molecule has 1 aromatic carbocycles. The minimum Gasteiger partial charge on any atom is -0.475 e. The van der Waals surface area contributed by atoms with Crippen LogP contribution in [0.15, 0.2) is 40.3 Å². The summed E-state index contributed by atoms with van der Waals surface area (Å²) < 4.78 is 32.1. The highest BCUT2D eigenvalue weighted by Gasteiger charge is 2.34. The van der Waals surface area contributed by atoms with Crippen molar-refractivity contribution in [3.63, 3.8) is 0 Å². The monoisotopic (exact) mass is 405 g/mol. The molecule has 0 aliphatic rings. The van der Waals surface area contributed by atoms with Crippen molar-refractivity contribution in [1.82, 2.24) is 20.1 Å². The number of nitrogens with zero attached hydrogens (tertiary/aromatic N) is 4. The first-order valence-corrected chi connectivity index (χ1v) is 9.81. The van der Waals surface area contributed by atoms with E-state index in [-0.39, 0.29) is 28.4 Å². The average molecular weight is 405 g/mol. The standard InChI is InChI=1S/C17H19N5O5S/c1-11-4-6-12(7-5-11)28(25,26)15-13(22(23)24)10-18-16-14(15)17(20-19-16)27-9-8-21(2)3/h4-7,10H,8-9H2,1-3H3,(H,18,19,20). The molecule has 1 N–H and O–H groups in total. The third kappa shape index (κ3) is 3.66. The Balaban J connectivity index is 2.23. The Morgan fingerprint density at radius 3 is 2.54 bits per heavy atom. The Hall–Kier alpha value is -3.05. The molecule has 0 saturated carbocycles. The van der Waals surface area contributed by atoms with Gasteiger partial charge >= 0.3 is 5.69 Å². The molecule has 0 bridgehead atoms. The lowest BCUT2D eigenvalue weighted by Gasteiger charge is -2.11. The Kier molecular flexibility index (Phi) is 5.29. The van der Waals surface area contributed by atoms with E-state index in [1.54, 1.807) is 12.1 Å². The largest absolute Gasteiger partial charge is 0.475 e. The number of hydrogen-bond acceptors (Lipinski definition) is 8. The number of nitro groups is 1. The quantitative estimate of drug-likeness (QED) is 0.466. The van der Waals surface area contributed by atoms with E-state index in [9.17, 15) is 18.5 Å². The summed E-state index contributed by atoms with van der Waals surface area (Å²) in [6.07, 6.45) is 0.908. The number of ether oxygens (including phenoxy) is 1. The Bertz CT molecular complexity index is 1120. The van der Waals surface area contributed by atoms with E-state index in [1.807, 2.05) is 25.9 Å². The van der Waals surface area contributed by atoms with Gasteiger partial charge in [0.25, 0.3) is 0 Å². The number of likely N-dealkylation sites (N-methyl/N-ethyl adjacent to an activating group) is 1. The number of aromatic nitrogens is 3. The molecule has 0 radical (unpaired) electrons. The maximum absolute atomic E-state index is 13.3. The highest BCUT2D eigenvalue weighted by atomic mass is 32.2. The van der Waals surface area contributed by atoms with Gasteiger partial charge < -0.3 is 9.64 Å². The molecule has 11 heteroatoms. The topological polar surface area (TPSA) is 131 Å². The van der Waals surface area contributed by atoms with E-state index >= 15 is 0 Å². The highest BCUT2D eigenvalue weighted by molar-refractivity contribution is 7.91. The number of pyridine rings is 1. The number of nitrogens with one attached hydrogen (secondary N) is 1. The van der Waals surface area contributed by atoms with Crippen molar-refractivity contribution in [2.45, 2.75) is 16.7 Å². The highest BCUT2D eigenvalue weighted by Crippen LogP contribution is 2.38. The van der Waals surface area contributed by atoms with Gasteiger partial charge in [-0.25, -0.2) is 13.4 Å². The molecule has 3 rings (SSSR count).